The molecule has 1 aliphatic carbocycles. The normalized spacial score (nSPS) is 14.4. The van der Waals surface area contributed by atoms with Crippen molar-refractivity contribution < 1.29 is 8.78 Å². The van der Waals surface area contributed by atoms with Crippen molar-refractivity contribution in [2.45, 2.75) is 51.5 Å². The Balaban J connectivity index is 1.34. The molecule has 3 aromatic carbocycles. The van der Waals surface area contributed by atoms with Gasteiger partial charge in [0.25, 0.3) is 0 Å². The lowest BCUT2D eigenvalue weighted by molar-refractivity contribution is 0.323. The second-order valence-electron chi connectivity index (χ2n) is 10.0. The summed E-state index contributed by atoms with van der Waals surface area (Å²) in [6.07, 6.45) is 7.44. The van der Waals surface area contributed by atoms with Crippen LogP contribution >= 0.6 is 11.6 Å². The van der Waals surface area contributed by atoms with Gasteiger partial charge in [0.1, 0.15) is 5.82 Å². The smallest absolute Gasteiger partial charge is 0.204 e. The molecule has 9 heteroatoms. The molecule has 6 rings (SSSR count). The fourth-order valence-electron chi connectivity index (χ4n) is 5.51. The SMILES string of the molecule is Fc1cc2nc(-c3ccc(Cl)cc3CCc3ccc(-c4nn[nH]n4)cc3)n(CC3CCCCC3)c2cc1F. The fraction of sp³-hybridized carbons (Fsp3) is 0.310. The molecule has 2 aromatic heterocycles. The number of nitrogens with zero attached hydrogens (tertiary/aromatic N) is 5. The first-order chi connectivity index (χ1) is 18.5. The third kappa shape index (κ3) is 5.05. The predicted octanol–water partition coefficient (Wildman–Crippen LogP) is 7.18. The van der Waals surface area contributed by atoms with Crippen molar-refractivity contribution >= 4 is 22.6 Å². The lowest BCUT2D eigenvalue weighted by atomic mass is 9.89. The molecule has 1 fully saturated rings. The predicted molar refractivity (Wildman–Crippen MR) is 144 cm³/mol. The van der Waals surface area contributed by atoms with Gasteiger partial charge in [-0.1, -0.05) is 55.1 Å². The highest BCUT2D eigenvalue weighted by Crippen LogP contribution is 2.34. The number of aryl methyl sites for hydroxylation is 2. The van der Waals surface area contributed by atoms with Gasteiger partial charge >= 0.3 is 0 Å². The van der Waals surface area contributed by atoms with E-state index in [1.807, 2.05) is 30.3 Å². The highest BCUT2D eigenvalue weighted by atomic mass is 35.5. The van der Waals surface area contributed by atoms with Crippen LogP contribution < -0.4 is 0 Å². The minimum absolute atomic E-state index is 0.465. The van der Waals surface area contributed by atoms with Crippen molar-refractivity contribution in [1.82, 2.24) is 30.2 Å². The van der Waals surface area contributed by atoms with E-state index in [1.54, 1.807) is 0 Å². The van der Waals surface area contributed by atoms with Crippen LogP contribution in [0.4, 0.5) is 8.78 Å². The summed E-state index contributed by atoms with van der Waals surface area (Å²) in [7, 11) is 0. The van der Waals surface area contributed by atoms with Crippen LogP contribution in [0.15, 0.2) is 54.6 Å². The monoisotopic (exact) mass is 532 g/mol. The van der Waals surface area contributed by atoms with Gasteiger partial charge in [0.05, 0.1) is 11.0 Å². The van der Waals surface area contributed by atoms with E-state index in [9.17, 15) is 8.78 Å². The molecule has 0 atom stereocenters. The number of benzene rings is 3. The Morgan fingerprint density at radius 3 is 2.47 bits per heavy atom. The van der Waals surface area contributed by atoms with Gasteiger partial charge < -0.3 is 4.57 Å². The molecule has 1 N–H and O–H groups in total. The maximum Gasteiger partial charge on any atom is 0.204 e. The number of rotatable bonds is 7. The molecular weight excluding hydrogens is 506 g/mol. The van der Waals surface area contributed by atoms with E-state index < -0.39 is 11.6 Å². The Bertz CT molecular complexity index is 1560. The fourth-order valence-corrected chi connectivity index (χ4v) is 5.70. The van der Waals surface area contributed by atoms with E-state index in [4.69, 9.17) is 16.6 Å². The molecule has 0 radical (unpaired) electrons. The number of imidazole rings is 1. The lowest BCUT2D eigenvalue weighted by Gasteiger charge is -2.23. The van der Waals surface area contributed by atoms with E-state index in [0.29, 0.717) is 27.8 Å². The molecule has 1 saturated carbocycles. The van der Waals surface area contributed by atoms with Gasteiger partial charge in [-0.25, -0.2) is 13.8 Å². The van der Waals surface area contributed by atoms with Crippen molar-refractivity contribution in [2.24, 2.45) is 5.92 Å². The minimum atomic E-state index is -0.882. The molecule has 38 heavy (non-hydrogen) atoms. The Hall–Kier alpha value is -3.65. The van der Waals surface area contributed by atoms with Crippen molar-refractivity contribution in [3.8, 4) is 22.8 Å². The van der Waals surface area contributed by atoms with Crippen molar-refractivity contribution in [1.29, 1.82) is 0 Å². The van der Waals surface area contributed by atoms with Gasteiger partial charge in [0.15, 0.2) is 11.6 Å². The van der Waals surface area contributed by atoms with E-state index in [-0.39, 0.29) is 0 Å². The third-order valence-electron chi connectivity index (χ3n) is 7.50. The number of H-pyrrole nitrogens is 1. The number of halogens is 3. The Morgan fingerprint density at radius 1 is 0.921 bits per heavy atom. The zero-order valence-electron chi connectivity index (χ0n) is 20.8. The zero-order valence-corrected chi connectivity index (χ0v) is 21.6. The Labute approximate surface area is 224 Å². The van der Waals surface area contributed by atoms with Crippen LogP contribution in [0.5, 0.6) is 0 Å². The molecule has 0 bridgehead atoms. The standard InChI is InChI=1S/C29H27ClF2N6/c30-22-12-13-23(21(14-22)11-8-18-6-9-20(10-7-18)28-34-36-37-35-28)29-33-26-15-24(31)25(32)16-27(26)38(29)17-19-4-2-1-3-5-19/h6-7,9-10,12-16,19H,1-5,8,11,17H2,(H,34,35,36,37). The van der Waals surface area contributed by atoms with E-state index >= 15 is 0 Å². The first-order valence-corrected chi connectivity index (χ1v) is 13.4. The van der Waals surface area contributed by atoms with Crippen LogP contribution in [0.1, 0.15) is 43.2 Å². The number of hydrogen-bond acceptors (Lipinski definition) is 4. The molecule has 0 amide bonds. The average Bonchev–Trinajstić information content (AvgIpc) is 3.58. The highest BCUT2D eigenvalue weighted by Gasteiger charge is 2.22. The number of tetrazole rings is 1. The average molecular weight is 533 g/mol. The summed E-state index contributed by atoms with van der Waals surface area (Å²) in [6.45, 7) is 0.733. The van der Waals surface area contributed by atoms with Crippen molar-refractivity contribution in [3.05, 3.63) is 82.4 Å². The second-order valence-corrected chi connectivity index (χ2v) is 10.5. The quantitative estimate of drug-likeness (QED) is 0.241. The topological polar surface area (TPSA) is 72.3 Å². The number of aromatic nitrogens is 6. The summed E-state index contributed by atoms with van der Waals surface area (Å²) in [5.41, 5.74) is 5.12. The summed E-state index contributed by atoms with van der Waals surface area (Å²) in [5, 5.41) is 14.8. The summed E-state index contributed by atoms with van der Waals surface area (Å²) >= 11 is 6.43. The molecule has 0 saturated heterocycles. The van der Waals surface area contributed by atoms with Gasteiger partial charge in [-0.05, 0) is 66.1 Å². The van der Waals surface area contributed by atoms with E-state index in [2.05, 4.69) is 37.3 Å². The molecule has 0 aliphatic heterocycles. The summed E-state index contributed by atoms with van der Waals surface area (Å²) in [5.74, 6) is 0.0380. The number of nitrogens with one attached hydrogen (secondary N) is 1. The van der Waals surface area contributed by atoms with Crippen LogP contribution in [0.3, 0.4) is 0 Å². The van der Waals surface area contributed by atoms with Gasteiger partial charge in [-0.3, -0.25) is 0 Å². The second kappa shape index (κ2) is 10.6. The van der Waals surface area contributed by atoms with Gasteiger partial charge in [0.2, 0.25) is 5.82 Å². The summed E-state index contributed by atoms with van der Waals surface area (Å²) in [6, 6.07) is 16.3. The van der Waals surface area contributed by atoms with Crippen LogP contribution in [0.25, 0.3) is 33.8 Å². The molecule has 0 unspecified atom stereocenters. The van der Waals surface area contributed by atoms with Crippen molar-refractivity contribution in [3.63, 3.8) is 0 Å². The summed E-state index contributed by atoms with van der Waals surface area (Å²) < 4.78 is 30.6. The minimum Gasteiger partial charge on any atom is -0.324 e. The maximum atomic E-state index is 14.3. The van der Waals surface area contributed by atoms with Crippen LogP contribution in [0, 0.1) is 17.6 Å². The molecule has 6 nitrogen and oxygen atoms in total. The Morgan fingerprint density at radius 2 is 1.71 bits per heavy atom. The molecule has 0 spiro atoms. The van der Waals surface area contributed by atoms with E-state index in [1.165, 1.54) is 31.4 Å². The maximum absolute atomic E-state index is 14.3. The number of fused-ring (bicyclic) bond motifs is 1. The lowest BCUT2D eigenvalue weighted by Crippen LogP contribution is -2.15. The molecule has 1 aliphatic rings. The van der Waals surface area contributed by atoms with Crippen LogP contribution in [-0.2, 0) is 19.4 Å². The highest BCUT2D eigenvalue weighted by molar-refractivity contribution is 6.30. The molecule has 5 aromatic rings. The molecular formula is C29H27ClF2N6. The number of hydrogen-bond donors (Lipinski definition) is 1. The third-order valence-corrected chi connectivity index (χ3v) is 7.74. The first kappa shape index (κ1) is 24.7. The zero-order chi connectivity index (χ0) is 26.1. The van der Waals surface area contributed by atoms with Crippen molar-refractivity contribution in [2.75, 3.05) is 0 Å². The Kier molecular flexibility index (Phi) is 6.89. The largest absolute Gasteiger partial charge is 0.324 e. The molecule has 194 valence electrons. The van der Waals surface area contributed by atoms with Gasteiger partial charge in [-0.2, -0.15) is 5.21 Å². The van der Waals surface area contributed by atoms with Gasteiger partial charge in [-0.15, -0.1) is 10.2 Å². The number of aromatic amines is 1. The summed E-state index contributed by atoms with van der Waals surface area (Å²) in [4.78, 5) is 4.83. The van der Waals surface area contributed by atoms with Gasteiger partial charge in [0, 0.05) is 34.8 Å². The first-order valence-electron chi connectivity index (χ1n) is 13.0. The molecule has 2 heterocycles. The van der Waals surface area contributed by atoms with Crippen LogP contribution in [-0.4, -0.2) is 30.2 Å². The van der Waals surface area contributed by atoms with E-state index in [0.717, 1.165) is 60.3 Å². The van der Waals surface area contributed by atoms with Crippen LogP contribution in [0.2, 0.25) is 5.02 Å².